The number of hydrogen-bond donors (Lipinski definition) is 1. The summed E-state index contributed by atoms with van der Waals surface area (Å²) in [5.41, 5.74) is 10.5. The van der Waals surface area contributed by atoms with Crippen molar-refractivity contribution in [1.29, 1.82) is 0 Å². The Morgan fingerprint density at radius 3 is 2.57 bits per heavy atom. The molecule has 2 atom stereocenters. The lowest BCUT2D eigenvalue weighted by Gasteiger charge is -2.40. The van der Waals surface area contributed by atoms with Gasteiger partial charge < -0.3 is 15.1 Å². The monoisotopic (exact) mass is 409 g/mol. The highest BCUT2D eigenvalue weighted by Crippen LogP contribution is 2.34. The van der Waals surface area contributed by atoms with Gasteiger partial charge in [0.25, 0.3) is 0 Å². The van der Waals surface area contributed by atoms with Gasteiger partial charge in [0.2, 0.25) is 0 Å². The number of nitrogens with two attached hydrogens (primary N) is 1. The lowest BCUT2D eigenvalue weighted by molar-refractivity contribution is -0.126. The zero-order valence-corrected chi connectivity index (χ0v) is 18.4. The summed E-state index contributed by atoms with van der Waals surface area (Å²) in [4.78, 5) is 17.9. The Balaban J connectivity index is 1.57. The fourth-order valence-electron chi connectivity index (χ4n) is 4.99. The fraction of sp³-hybridized carbons (Fsp3) is 0.560. The molecule has 0 aliphatic carbocycles. The van der Waals surface area contributed by atoms with Crippen molar-refractivity contribution in [2.75, 3.05) is 24.5 Å². The molecule has 2 fully saturated rings. The minimum atomic E-state index is -0.268. The standard InChI is InChI=1S/C25H35N3O2/c1-18-9-12-21(23(16-18)27-13-5-3-6-14-27)25(26)28-15-7-4-8-22(28)24(29)17-20-11-10-19(2)30-20/h9-12,16,22,25H,3-8,13-15,17,26H2,1-2H3. The van der Waals surface area contributed by atoms with Crippen LogP contribution in [0.25, 0.3) is 0 Å². The molecule has 2 aromatic rings. The van der Waals surface area contributed by atoms with Gasteiger partial charge >= 0.3 is 0 Å². The number of rotatable bonds is 6. The number of aryl methyl sites for hydroxylation is 2. The van der Waals surface area contributed by atoms with E-state index in [1.54, 1.807) is 0 Å². The van der Waals surface area contributed by atoms with Crippen LogP contribution in [0.2, 0.25) is 0 Å². The van der Waals surface area contributed by atoms with Crippen LogP contribution in [0.1, 0.15) is 67.3 Å². The van der Waals surface area contributed by atoms with E-state index >= 15 is 0 Å². The van der Waals surface area contributed by atoms with Gasteiger partial charge in [-0.3, -0.25) is 9.69 Å². The number of likely N-dealkylation sites (tertiary alicyclic amines) is 1. The summed E-state index contributed by atoms with van der Waals surface area (Å²) in [6.45, 7) is 7.09. The predicted molar refractivity (Wildman–Crippen MR) is 121 cm³/mol. The molecule has 2 aliphatic rings. The molecule has 0 amide bonds. The van der Waals surface area contributed by atoms with E-state index < -0.39 is 0 Å². The van der Waals surface area contributed by atoms with E-state index in [2.05, 4.69) is 34.9 Å². The van der Waals surface area contributed by atoms with Gasteiger partial charge in [-0.2, -0.15) is 0 Å². The van der Waals surface area contributed by atoms with Crippen LogP contribution in [-0.2, 0) is 11.2 Å². The lowest BCUT2D eigenvalue weighted by atomic mass is 9.93. The van der Waals surface area contributed by atoms with Crippen LogP contribution in [0.15, 0.2) is 34.7 Å². The summed E-state index contributed by atoms with van der Waals surface area (Å²) in [5.74, 6) is 1.81. The predicted octanol–water partition coefficient (Wildman–Crippen LogP) is 4.51. The van der Waals surface area contributed by atoms with E-state index in [4.69, 9.17) is 10.2 Å². The topological polar surface area (TPSA) is 62.7 Å². The Morgan fingerprint density at radius 2 is 1.83 bits per heavy atom. The molecule has 0 saturated carbocycles. The summed E-state index contributed by atoms with van der Waals surface area (Å²) < 4.78 is 5.66. The highest BCUT2D eigenvalue weighted by Gasteiger charge is 2.34. The molecule has 5 nitrogen and oxygen atoms in total. The Kier molecular flexibility index (Phi) is 6.59. The molecule has 0 radical (unpaired) electrons. The molecule has 5 heteroatoms. The summed E-state index contributed by atoms with van der Waals surface area (Å²) in [6.07, 6.45) is 6.87. The first-order chi connectivity index (χ1) is 14.5. The molecule has 4 rings (SSSR count). The fourth-order valence-corrected chi connectivity index (χ4v) is 4.99. The SMILES string of the molecule is Cc1ccc(C(N)N2CCCCC2C(=O)Cc2ccc(C)o2)c(N2CCCCC2)c1. The number of hydrogen-bond acceptors (Lipinski definition) is 5. The van der Waals surface area contributed by atoms with Crippen molar-refractivity contribution in [3.05, 3.63) is 53.0 Å². The number of ketones is 1. The molecule has 3 heterocycles. The van der Waals surface area contributed by atoms with Gasteiger partial charge in [0, 0.05) is 30.9 Å². The van der Waals surface area contributed by atoms with Crippen LogP contribution in [0.5, 0.6) is 0 Å². The molecular weight excluding hydrogens is 374 g/mol. The van der Waals surface area contributed by atoms with Crippen molar-refractivity contribution in [2.45, 2.75) is 71.0 Å². The molecule has 30 heavy (non-hydrogen) atoms. The number of nitrogens with zero attached hydrogens (tertiary/aromatic N) is 2. The van der Waals surface area contributed by atoms with Crippen molar-refractivity contribution in [3.8, 4) is 0 Å². The molecule has 2 N–H and O–H groups in total. The van der Waals surface area contributed by atoms with Gasteiger partial charge in [-0.15, -0.1) is 0 Å². The second-order valence-electron chi connectivity index (χ2n) is 8.96. The van der Waals surface area contributed by atoms with E-state index in [0.29, 0.717) is 6.42 Å². The Labute approximate surface area is 180 Å². The average Bonchev–Trinajstić information content (AvgIpc) is 3.18. The Morgan fingerprint density at radius 1 is 1.07 bits per heavy atom. The second-order valence-corrected chi connectivity index (χ2v) is 8.96. The molecule has 1 aromatic heterocycles. The lowest BCUT2D eigenvalue weighted by Crippen LogP contribution is -2.50. The van der Waals surface area contributed by atoms with Crippen molar-refractivity contribution in [2.24, 2.45) is 5.73 Å². The summed E-state index contributed by atoms with van der Waals surface area (Å²) in [6, 6.07) is 10.3. The maximum atomic E-state index is 13.2. The van der Waals surface area contributed by atoms with Crippen LogP contribution in [-0.4, -0.2) is 36.4 Å². The Hall–Kier alpha value is -2.11. The molecule has 1 aromatic carbocycles. The van der Waals surface area contributed by atoms with Gasteiger partial charge in [0.05, 0.1) is 18.6 Å². The van der Waals surface area contributed by atoms with Gasteiger partial charge in [-0.25, -0.2) is 0 Å². The smallest absolute Gasteiger partial charge is 0.157 e. The number of Topliss-reactive ketones (excluding diaryl/α,β-unsaturated/α-hetero) is 1. The average molecular weight is 410 g/mol. The molecule has 2 aliphatic heterocycles. The number of anilines is 1. The first kappa shape index (κ1) is 21.1. The van der Waals surface area contributed by atoms with E-state index in [9.17, 15) is 4.79 Å². The molecule has 0 spiro atoms. The maximum Gasteiger partial charge on any atom is 0.157 e. The quantitative estimate of drug-likeness (QED) is 0.760. The normalized spacial score (nSPS) is 21.6. The van der Waals surface area contributed by atoms with Gasteiger partial charge in [0.1, 0.15) is 11.5 Å². The number of benzene rings is 1. The third kappa shape index (κ3) is 4.62. The molecule has 2 unspecified atom stereocenters. The second kappa shape index (κ2) is 9.36. The molecule has 2 saturated heterocycles. The summed E-state index contributed by atoms with van der Waals surface area (Å²) in [7, 11) is 0. The highest BCUT2D eigenvalue weighted by molar-refractivity contribution is 5.85. The van der Waals surface area contributed by atoms with Gasteiger partial charge in [-0.05, 0) is 69.7 Å². The Bertz CT molecular complexity index is 869. The zero-order valence-electron chi connectivity index (χ0n) is 18.4. The van der Waals surface area contributed by atoms with Crippen LogP contribution in [0.3, 0.4) is 0 Å². The molecular formula is C25H35N3O2. The van der Waals surface area contributed by atoms with Crippen molar-refractivity contribution < 1.29 is 9.21 Å². The van der Waals surface area contributed by atoms with Crippen molar-refractivity contribution >= 4 is 11.5 Å². The van der Waals surface area contributed by atoms with Crippen LogP contribution in [0.4, 0.5) is 5.69 Å². The number of piperidine rings is 2. The minimum Gasteiger partial charge on any atom is -0.466 e. The van der Waals surface area contributed by atoms with Crippen LogP contribution in [0, 0.1) is 13.8 Å². The van der Waals surface area contributed by atoms with E-state index in [-0.39, 0.29) is 18.0 Å². The maximum absolute atomic E-state index is 13.2. The summed E-state index contributed by atoms with van der Waals surface area (Å²) >= 11 is 0. The van der Waals surface area contributed by atoms with E-state index in [1.165, 1.54) is 30.5 Å². The number of carbonyl (C=O) groups excluding carboxylic acids is 1. The van der Waals surface area contributed by atoms with E-state index in [1.807, 2.05) is 19.1 Å². The van der Waals surface area contributed by atoms with Gasteiger partial charge in [0.15, 0.2) is 5.78 Å². The zero-order chi connectivity index (χ0) is 21.1. The third-order valence-corrected chi connectivity index (χ3v) is 6.62. The summed E-state index contributed by atoms with van der Waals surface area (Å²) in [5, 5.41) is 0. The number of furan rings is 1. The number of carbonyl (C=O) groups is 1. The van der Waals surface area contributed by atoms with E-state index in [0.717, 1.165) is 56.0 Å². The molecule has 0 bridgehead atoms. The van der Waals surface area contributed by atoms with Crippen molar-refractivity contribution in [1.82, 2.24) is 4.90 Å². The first-order valence-corrected chi connectivity index (χ1v) is 11.5. The third-order valence-electron chi connectivity index (χ3n) is 6.62. The largest absolute Gasteiger partial charge is 0.466 e. The van der Waals surface area contributed by atoms with Gasteiger partial charge in [-0.1, -0.05) is 18.6 Å². The van der Waals surface area contributed by atoms with Crippen molar-refractivity contribution in [3.63, 3.8) is 0 Å². The van der Waals surface area contributed by atoms with Crippen LogP contribution < -0.4 is 10.6 Å². The molecule has 162 valence electrons. The minimum absolute atomic E-state index is 0.144. The first-order valence-electron chi connectivity index (χ1n) is 11.5. The highest BCUT2D eigenvalue weighted by atomic mass is 16.3. The van der Waals surface area contributed by atoms with Crippen LogP contribution >= 0.6 is 0 Å².